The van der Waals surface area contributed by atoms with Crippen LogP contribution in [0.4, 0.5) is 5.69 Å². The molecule has 0 spiro atoms. The lowest BCUT2D eigenvalue weighted by Gasteiger charge is -2.24. The summed E-state index contributed by atoms with van der Waals surface area (Å²) in [5.74, 6) is -0.876. The molecule has 0 unspecified atom stereocenters. The van der Waals surface area contributed by atoms with E-state index >= 15 is 0 Å². The first kappa shape index (κ1) is 19.5. The van der Waals surface area contributed by atoms with E-state index in [1.165, 1.54) is 0 Å². The van der Waals surface area contributed by atoms with E-state index in [9.17, 15) is 10.5 Å². The fraction of sp³-hybridized carbons (Fsp3) is 0.273. The highest BCUT2D eigenvalue weighted by atomic mass is 15.1. The summed E-state index contributed by atoms with van der Waals surface area (Å²) in [6.07, 6.45) is 0. The lowest BCUT2D eigenvalue weighted by molar-refractivity contribution is 0.834. The monoisotopic (exact) mass is 353 g/mol. The average molecular weight is 353 g/mol. The molecule has 0 aliphatic rings. The Labute approximate surface area is 159 Å². The molecule has 132 valence electrons. The van der Waals surface area contributed by atoms with Crippen LogP contribution < -0.4 is 4.90 Å². The molecule has 0 saturated carbocycles. The van der Waals surface area contributed by atoms with Gasteiger partial charge in [-0.2, -0.15) is 21.0 Å². The van der Waals surface area contributed by atoms with Crippen LogP contribution in [0, 0.1) is 59.2 Å². The average Bonchev–Trinajstić information content (AvgIpc) is 2.66. The SMILES string of the molecule is Cc1cc(C(C#N)(C#N)c2ccc(N(C)C)cc2C)ccc1C(C#N)C#N. The van der Waals surface area contributed by atoms with E-state index in [4.69, 9.17) is 10.5 Å². The number of rotatable bonds is 4. The van der Waals surface area contributed by atoms with Crippen LogP contribution in [0.15, 0.2) is 36.4 Å². The van der Waals surface area contributed by atoms with Crippen LogP contribution in [-0.4, -0.2) is 14.1 Å². The zero-order valence-corrected chi connectivity index (χ0v) is 15.8. The van der Waals surface area contributed by atoms with Crippen molar-refractivity contribution in [1.82, 2.24) is 0 Å². The molecule has 0 aliphatic carbocycles. The van der Waals surface area contributed by atoms with Crippen molar-refractivity contribution in [3.63, 3.8) is 0 Å². The van der Waals surface area contributed by atoms with Crippen LogP contribution in [0.25, 0.3) is 0 Å². The fourth-order valence-electron chi connectivity index (χ4n) is 3.18. The molecule has 0 N–H and O–H groups in total. The van der Waals surface area contributed by atoms with E-state index in [1.807, 2.05) is 56.3 Å². The molecule has 0 atom stereocenters. The van der Waals surface area contributed by atoms with Gasteiger partial charge < -0.3 is 4.90 Å². The summed E-state index contributed by atoms with van der Waals surface area (Å²) in [7, 11) is 3.86. The number of anilines is 1. The second kappa shape index (κ2) is 7.61. The summed E-state index contributed by atoms with van der Waals surface area (Å²) >= 11 is 0. The van der Waals surface area contributed by atoms with Gasteiger partial charge in [0.15, 0.2) is 11.3 Å². The second-order valence-corrected chi connectivity index (χ2v) is 6.63. The van der Waals surface area contributed by atoms with Gasteiger partial charge in [0.25, 0.3) is 0 Å². The van der Waals surface area contributed by atoms with Crippen molar-refractivity contribution in [2.45, 2.75) is 25.2 Å². The first-order valence-electron chi connectivity index (χ1n) is 8.35. The third kappa shape index (κ3) is 3.32. The maximum Gasteiger partial charge on any atom is 0.193 e. The van der Waals surface area contributed by atoms with Crippen LogP contribution in [0.1, 0.15) is 33.7 Å². The standard InChI is InChI=1S/C22H19N5/c1-15-9-18(5-7-20(15)17(11-23)12-24)22(13-25,14-26)21-8-6-19(27(3)4)10-16(21)2/h5-10,17H,1-4H3. The molecule has 0 radical (unpaired) electrons. The van der Waals surface area contributed by atoms with E-state index < -0.39 is 11.3 Å². The molecule has 0 aliphatic heterocycles. The van der Waals surface area contributed by atoms with Gasteiger partial charge in [0, 0.05) is 19.8 Å². The molecular formula is C22H19N5. The van der Waals surface area contributed by atoms with Crippen molar-refractivity contribution in [2.24, 2.45) is 0 Å². The van der Waals surface area contributed by atoms with Crippen molar-refractivity contribution in [2.75, 3.05) is 19.0 Å². The maximum absolute atomic E-state index is 9.96. The first-order chi connectivity index (χ1) is 12.8. The molecule has 0 amide bonds. The third-order valence-electron chi connectivity index (χ3n) is 4.74. The normalized spacial score (nSPS) is 10.4. The highest BCUT2D eigenvalue weighted by molar-refractivity contribution is 5.60. The van der Waals surface area contributed by atoms with Crippen molar-refractivity contribution >= 4 is 5.69 Å². The van der Waals surface area contributed by atoms with Gasteiger partial charge in [-0.15, -0.1) is 0 Å². The minimum atomic E-state index is -1.47. The predicted molar refractivity (Wildman–Crippen MR) is 103 cm³/mol. The van der Waals surface area contributed by atoms with E-state index in [0.717, 1.165) is 11.3 Å². The van der Waals surface area contributed by atoms with Crippen molar-refractivity contribution in [1.29, 1.82) is 21.0 Å². The molecule has 2 aromatic rings. The Balaban J connectivity index is 2.68. The summed E-state index contributed by atoms with van der Waals surface area (Å²) in [6, 6.07) is 19.0. The molecule has 0 bridgehead atoms. The fourth-order valence-corrected chi connectivity index (χ4v) is 3.18. The Morgan fingerprint density at radius 1 is 0.852 bits per heavy atom. The molecular weight excluding hydrogens is 334 g/mol. The van der Waals surface area contributed by atoms with Gasteiger partial charge >= 0.3 is 0 Å². The van der Waals surface area contributed by atoms with Crippen LogP contribution in [0.3, 0.4) is 0 Å². The highest BCUT2D eigenvalue weighted by Gasteiger charge is 2.37. The van der Waals surface area contributed by atoms with E-state index in [-0.39, 0.29) is 0 Å². The second-order valence-electron chi connectivity index (χ2n) is 6.63. The molecule has 2 rings (SSSR count). The number of aryl methyl sites for hydroxylation is 2. The smallest absolute Gasteiger partial charge is 0.193 e. The zero-order valence-electron chi connectivity index (χ0n) is 15.8. The Morgan fingerprint density at radius 2 is 1.48 bits per heavy atom. The Hall–Kier alpha value is -3.80. The lowest BCUT2D eigenvalue weighted by Crippen LogP contribution is -2.25. The van der Waals surface area contributed by atoms with Crippen molar-refractivity contribution in [3.05, 3.63) is 64.2 Å². The van der Waals surface area contributed by atoms with Gasteiger partial charge in [0.1, 0.15) is 0 Å². The van der Waals surface area contributed by atoms with Crippen molar-refractivity contribution < 1.29 is 0 Å². The summed E-state index contributed by atoms with van der Waals surface area (Å²) in [5.41, 5.74) is 2.82. The lowest BCUT2D eigenvalue weighted by atomic mass is 9.74. The predicted octanol–water partition coefficient (Wildman–Crippen LogP) is 3.83. The van der Waals surface area contributed by atoms with Gasteiger partial charge in [-0.3, -0.25) is 0 Å². The van der Waals surface area contributed by atoms with Gasteiger partial charge in [-0.25, -0.2) is 0 Å². The van der Waals surface area contributed by atoms with Crippen LogP contribution in [0.5, 0.6) is 0 Å². The van der Waals surface area contributed by atoms with Gasteiger partial charge in [0.2, 0.25) is 0 Å². The van der Waals surface area contributed by atoms with Gasteiger partial charge in [0.05, 0.1) is 24.3 Å². The van der Waals surface area contributed by atoms with Crippen LogP contribution in [0.2, 0.25) is 0 Å². The maximum atomic E-state index is 9.96. The largest absolute Gasteiger partial charge is 0.378 e. The summed E-state index contributed by atoms with van der Waals surface area (Å²) in [4.78, 5) is 1.96. The van der Waals surface area contributed by atoms with Crippen molar-refractivity contribution in [3.8, 4) is 24.3 Å². The molecule has 5 heteroatoms. The Kier molecular flexibility index (Phi) is 5.51. The molecule has 0 saturated heterocycles. The molecule has 0 aromatic heterocycles. The number of nitriles is 4. The number of nitrogens with zero attached hydrogens (tertiary/aromatic N) is 5. The zero-order chi connectivity index (χ0) is 20.2. The Morgan fingerprint density at radius 3 is 1.93 bits per heavy atom. The van der Waals surface area contributed by atoms with E-state index in [2.05, 4.69) is 12.1 Å². The van der Waals surface area contributed by atoms with E-state index in [0.29, 0.717) is 22.3 Å². The highest BCUT2D eigenvalue weighted by Crippen LogP contribution is 2.36. The molecule has 2 aromatic carbocycles. The van der Waals surface area contributed by atoms with E-state index in [1.54, 1.807) is 25.1 Å². The molecule has 5 nitrogen and oxygen atoms in total. The van der Waals surface area contributed by atoms with Gasteiger partial charge in [-0.1, -0.05) is 24.3 Å². The summed E-state index contributed by atoms with van der Waals surface area (Å²) in [6.45, 7) is 3.66. The quantitative estimate of drug-likeness (QED) is 0.831. The third-order valence-corrected chi connectivity index (χ3v) is 4.74. The Bertz CT molecular complexity index is 1010. The minimum absolute atomic E-state index is 0.532. The topological polar surface area (TPSA) is 98.4 Å². The molecule has 0 fully saturated rings. The minimum Gasteiger partial charge on any atom is -0.378 e. The molecule has 0 heterocycles. The first-order valence-corrected chi connectivity index (χ1v) is 8.35. The van der Waals surface area contributed by atoms with Gasteiger partial charge in [-0.05, 0) is 53.8 Å². The summed E-state index contributed by atoms with van der Waals surface area (Å²) < 4.78 is 0. The number of hydrogen-bond acceptors (Lipinski definition) is 5. The number of hydrogen-bond donors (Lipinski definition) is 0. The summed E-state index contributed by atoms with van der Waals surface area (Å²) in [5, 5.41) is 38.2. The molecule has 27 heavy (non-hydrogen) atoms. The van der Waals surface area contributed by atoms with Crippen LogP contribution in [-0.2, 0) is 5.41 Å². The van der Waals surface area contributed by atoms with Crippen LogP contribution >= 0.6 is 0 Å². The number of benzene rings is 2.